The van der Waals surface area contributed by atoms with Crippen LogP contribution in [0.2, 0.25) is 0 Å². The zero-order valence-electron chi connectivity index (χ0n) is 1.84. The molecule has 0 aromatic carbocycles. The number of hydrogen-bond acceptors (Lipinski definition) is 2. The van der Waals surface area contributed by atoms with Gasteiger partial charge in [0.25, 0.3) is 0 Å². The van der Waals surface area contributed by atoms with E-state index in [0.717, 1.165) is 0 Å². The third-order valence-corrected chi connectivity index (χ3v) is 0. The summed E-state index contributed by atoms with van der Waals surface area (Å²) in [6, 6.07) is 0. The van der Waals surface area contributed by atoms with Crippen molar-refractivity contribution >= 4 is 23.2 Å². The topological polar surface area (TPSA) is 34.1 Å². The Morgan fingerprint density at radius 3 is 1.25 bits per heavy atom. The summed E-state index contributed by atoms with van der Waals surface area (Å²) < 4.78 is 17.1. The molecule has 0 saturated carbocycles. The molecule has 4 heteroatoms. The fourth-order valence-corrected chi connectivity index (χ4v) is 0. The van der Waals surface area contributed by atoms with Gasteiger partial charge >= 0.3 is 28.9 Å². The van der Waals surface area contributed by atoms with E-state index in [4.69, 9.17) is 5.63 Å². The summed E-state index contributed by atoms with van der Waals surface area (Å²) in [4.78, 5) is 0. The van der Waals surface area contributed by atoms with E-state index in [9.17, 15) is 0 Å². The molecule has 0 aromatic rings. The first-order valence-electron chi connectivity index (χ1n) is 0.365. The summed E-state index contributed by atoms with van der Waals surface area (Å²) in [7, 11) is 0. The summed E-state index contributed by atoms with van der Waals surface area (Å²) in [6.45, 7) is 0. The van der Waals surface area contributed by atoms with Crippen molar-refractivity contribution in [3.05, 3.63) is 0 Å². The fraction of sp³-hybridized carbons (Fsp3) is 0. The average Bonchev–Trinajstić information content (AvgIpc) is 0.918. The van der Waals surface area contributed by atoms with Crippen LogP contribution >= 0.6 is 0 Å². The van der Waals surface area contributed by atoms with Gasteiger partial charge in [-0.2, -0.15) is 0 Å². The Morgan fingerprint density at radius 1 is 1.25 bits per heavy atom. The summed E-state index contributed by atoms with van der Waals surface area (Å²) in [5, 5.41) is 0. The molecule has 20 valence electrons. The second-order valence-electron chi connectivity index (χ2n) is 0.0745. The van der Waals surface area contributed by atoms with Gasteiger partial charge < -0.3 is 0 Å². The molecule has 0 spiro atoms. The molecule has 0 heterocycles. The standard InChI is InChI=1S/Bi.La.2O. The van der Waals surface area contributed by atoms with E-state index >= 15 is 0 Å². The van der Waals surface area contributed by atoms with Crippen molar-refractivity contribution in [1.29, 1.82) is 0 Å². The van der Waals surface area contributed by atoms with Crippen molar-refractivity contribution in [2.45, 2.75) is 0 Å². The zero-order valence-corrected chi connectivity index (χ0v) is 8.94. The number of hydrogen-bond donors (Lipinski definition) is 0. The van der Waals surface area contributed by atoms with E-state index in [1.165, 1.54) is 0 Å². The number of rotatable bonds is 0. The normalized spacial score (nSPS) is 2.00. The van der Waals surface area contributed by atoms with Crippen molar-refractivity contribution in [2.75, 3.05) is 0 Å². The first kappa shape index (κ1) is 9.19. The zero-order chi connectivity index (χ0) is 2.71. The molecule has 2 nitrogen and oxygen atoms in total. The Bertz CT molecular complexity index is 27.0. The molecule has 0 aliphatic rings. The molecule has 0 aliphatic heterocycles. The van der Waals surface area contributed by atoms with E-state index in [0.29, 0.717) is 0 Å². The van der Waals surface area contributed by atoms with Crippen LogP contribution in [0.1, 0.15) is 0 Å². The summed E-state index contributed by atoms with van der Waals surface area (Å²) >= 11 is -2.33. The summed E-state index contributed by atoms with van der Waals surface area (Å²) in [5.74, 6) is 0. The van der Waals surface area contributed by atoms with E-state index in [-0.39, 0.29) is 35.6 Å². The minimum absolute atomic E-state index is 0. The second-order valence-corrected chi connectivity index (χ2v) is 0.654. The van der Waals surface area contributed by atoms with Crippen LogP contribution in [0, 0.1) is 35.6 Å². The predicted molar refractivity (Wildman–Crippen MR) is 7.13 cm³/mol. The van der Waals surface area contributed by atoms with Crippen LogP contribution in [-0.2, 0) is 5.63 Å². The first-order chi connectivity index (χ1) is 1.41. The molecule has 0 bridgehead atoms. The monoisotopic (exact) mass is 380 g/mol. The van der Waals surface area contributed by atoms with Gasteiger partial charge in [0.15, 0.2) is 0 Å². The third-order valence-electron chi connectivity index (χ3n) is 0. The molecular formula is BiLaO2. The average molecular weight is 380 g/mol. The molecule has 0 atom stereocenters. The van der Waals surface area contributed by atoms with E-state index in [2.05, 4.69) is 0 Å². The SMILES string of the molecule is [La].[O]=[Bi]=[O]. The molecule has 0 fully saturated rings. The van der Waals surface area contributed by atoms with Gasteiger partial charge in [-0.05, 0) is 0 Å². The van der Waals surface area contributed by atoms with Crippen LogP contribution < -0.4 is 0 Å². The van der Waals surface area contributed by atoms with Crippen molar-refractivity contribution in [1.82, 2.24) is 0 Å². The molecular weight excluding hydrogens is 380 g/mol. The van der Waals surface area contributed by atoms with E-state index in [1.807, 2.05) is 0 Å². The van der Waals surface area contributed by atoms with Gasteiger partial charge in [-0.1, -0.05) is 0 Å². The van der Waals surface area contributed by atoms with Crippen molar-refractivity contribution in [3.8, 4) is 0 Å². The van der Waals surface area contributed by atoms with Gasteiger partial charge in [-0.15, -0.1) is 0 Å². The van der Waals surface area contributed by atoms with Crippen LogP contribution in [0.3, 0.4) is 0 Å². The van der Waals surface area contributed by atoms with E-state index < -0.39 is 23.2 Å². The summed E-state index contributed by atoms with van der Waals surface area (Å²) in [5.41, 5.74) is 0. The molecule has 0 unspecified atom stereocenters. The van der Waals surface area contributed by atoms with Gasteiger partial charge in [0.05, 0.1) is 0 Å². The van der Waals surface area contributed by atoms with Crippen molar-refractivity contribution in [2.24, 2.45) is 0 Å². The fourth-order valence-electron chi connectivity index (χ4n) is 0. The van der Waals surface area contributed by atoms with Crippen LogP contribution in [0.15, 0.2) is 0 Å². The quantitative estimate of drug-likeness (QED) is 0.526. The van der Waals surface area contributed by atoms with Gasteiger partial charge in [0.1, 0.15) is 0 Å². The molecule has 2 radical (unpaired) electrons. The van der Waals surface area contributed by atoms with Crippen LogP contribution in [-0.4, -0.2) is 23.2 Å². The van der Waals surface area contributed by atoms with Crippen LogP contribution in [0.4, 0.5) is 0 Å². The Morgan fingerprint density at radius 2 is 1.25 bits per heavy atom. The van der Waals surface area contributed by atoms with Gasteiger partial charge in [-0.3, -0.25) is 0 Å². The van der Waals surface area contributed by atoms with Crippen molar-refractivity contribution in [3.63, 3.8) is 0 Å². The van der Waals surface area contributed by atoms with Gasteiger partial charge in [0.2, 0.25) is 0 Å². The Labute approximate surface area is 63.4 Å². The molecule has 0 N–H and O–H groups in total. The second kappa shape index (κ2) is 8.82. The van der Waals surface area contributed by atoms with Crippen LogP contribution in [0.5, 0.6) is 0 Å². The maximum absolute atomic E-state index is 8.56. The Kier molecular flexibility index (Phi) is 20.3. The molecule has 0 rings (SSSR count). The van der Waals surface area contributed by atoms with Gasteiger partial charge in [0, 0.05) is 35.6 Å². The van der Waals surface area contributed by atoms with E-state index in [1.54, 1.807) is 0 Å². The molecule has 0 saturated heterocycles. The maximum atomic E-state index is 8.56. The Balaban J connectivity index is 0. The van der Waals surface area contributed by atoms with Crippen LogP contribution in [0.25, 0.3) is 0 Å². The molecule has 0 aromatic heterocycles. The Hall–Kier alpha value is 1.68. The molecule has 4 heavy (non-hydrogen) atoms. The molecule has 0 amide bonds. The summed E-state index contributed by atoms with van der Waals surface area (Å²) in [6.07, 6.45) is 0. The first-order valence-corrected chi connectivity index (χ1v) is 3.20. The third kappa shape index (κ3) is 9.37. The van der Waals surface area contributed by atoms with Gasteiger partial charge in [-0.25, -0.2) is 0 Å². The van der Waals surface area contributed by atoms with Crippen molar-refractivity contribution < 1.29 is 41.2 Å². The predicted octanol–water partition coefficient (Wildman–Crippen LogP) is -0.618. The minimum atomic E-state index is -2.33. The molecule has 0 aliphatic carbocycles.